The number of aromatic amines is 1. The minimum Gasteiger partial charge on any atom is -0.388 e. The van der Waals surface area contributed by atoms with Crippen LogP contribution >= 0.6 is 23.6 Å². The van der Waals surface area contributed by atoms with E-state index in [1.165, 1.54) is 11.3 Å². The van der Waals surface area contributed by atoms with Crippen molar-refractivity contribution >= 4 is 29.5 Å². The fourth-order valence-corrected chi connectivity index (χ4v) is 2.91. The van der Waals surface area contributed by atoms with Crippen LogP contribution in [0.25, 0.3) is 10.7 Å². The lowest BCUT2D eigenvalue weighted by Crippen LogP contribution is -2.42. The smallest absolute Gasteiger partial charge is 0.243 e. The molecule has 120 valence electrons. The van der Waals surface area contributed by atoms with Crippen molar-refractivity contribution in [1.82, 2.24) is 20.1 Å². The van der Waals surface area contributed by atoms with Crippen LogP contribution in [0, 0.1) is 4.77 Å². The van der Waals surface area contributed by atoms with Gasteiger partial charge in [-0.05, 0) is 43.9 Å². The molecular formula is C14H20N4O2S2. The van der Waals surface area contributed by atoms with Gasteiger partial charge in [0, 0.05) is 6.54 Å². The zero-order valence-corrected chi connectivity index (χ0v) is 14.4. The monoisotopic (exact) mass is 340 g/mol. The standard InChI is InChI=1S/C14H20N4O2S2/c1-4-14(3,20)8-15-12(19)9(2)18-11(16-17-13(18)21)10-6-5-7-22-10/h5-7,9,20H,4,8H2,1-3H3,(H,15,19)(H,17,21)/t9-,14+/m0/s1. The van der Waals surface area contributed by atoms with Crippen molar-refractivity contribution in [2.24, 2.45) is 0 Å². The minimum absolute atomic E-state index is 0.201. The molecule has 0 unspecified atom stereocenters. The van der Waals surface area contributed by atoms with E-state index in [1.807, 2.05) is 24.4 Å². The highest BCUT2D eigenvalue weighted by molar-refractivity contribution is 7.71. The fourth-order valence-electron chi connectivity index (χ4n) is 1.91. The van der Waals surface area contributed by atoms with Gasteiger partial charge in [0.05, 0.1) is 10.5 Å². The average molecular weight is 340 g/mol. The predicted octanol–water partition coefficient (Wildman–Crippen LogP) is 2.51. The summed E-state index contributed by atoms with van der Waals surface area (Å²) < 4.78 is 2.09. The zero-order valence-electron chi connectivity index (χ0n) is 12.8. The molecule has 22 heavy (non-hydrogen) atoms. The Morgan fingerprint density at radius 3 is 3.00 bits per heavy atom. The maximum atomic E-state index is 12.4. The van der Waals surface area contributed by atoms with Crippen LogP contribution in [-0.4, -0.2) is 37.9 Å². The molecule has 0 aromatic carbocycles. The predicted molar refractivity (Wildman–Crippen MR) is 89.4 cm³/mol. The van der Waals surface area contributed by atoms with Crippen LogP contribution in [0.15, 0.2) is 17.5 Å². The largest absolute Gasteiger partial charge is 0.388 e. The number of aliphatic hydroxyl groups is 1. The number of amides is 1. The normalized spacial score (nSPS) is 15.3. The molecule has 1 amide bonds. The van der Waals surface area contributed by atoms with Gasteiger partial charge in [0.15, 0.2) is 10.6 Å². The van der Waals surface area contributed by atoms with Crippen LogP contribution in [0.4, 0.5) is 0 Å². The van der Waals surface area contributed by atoms with Crippen molar-refractivity contribution in [3.05, 3.63) is 22.3 Å². The molecule has 6 nitrogen and oxygen atoms in total. The van der Waals surface area contributed by atoms with Gasteiger partial charge in [0.25, 0.3) is 0 Å². The Labute approximate surface area is 138 Å². The van der Waals surface area contributed by atoms with E-state index < -0.39 is 11.6 Å². The third kappa shape index (κ3) is 3.63. The highest BCUT2D eigenvalue weighted by atomic mass is 32.1. The summed E-state index contributed by atoms with van der Waals surface area (Å²) in [5.41, 5.74) is -0.913. The quantitative estimate of drug-likeness (QED) is 0.706. The van der Waals surface area contributed by atoms with Crippen molar-refractivity contribution in [1.29, 1.82) is 0 Å². The maximum Gasteiger partial charge on any atom is 0.243 e. The van der Waals surface area contributed by atoms with E-state index in [1.54, 1.807) is 18.4 Å². The van der Waals surface area contributed by atoms with Crippen LogP contribution in [0.5, 0.6) is 0 Å². The van der Waals surface area contributed by atoms with E-state index in [0.717, 1.165) is 4.88 Å². The van der Waals surface area contributed by atoms with E-state index in [0.29, 0.717) is 17.0 Å². The lowest BCUT2D eigenvalue weighted by Gasteiger charge is -2.23. The Bertz CT molecular complexity index is 688. The number of rotatable bonds is 6. The van der Waals surface area contributed by atoms with Crippen LogP contribution in [0.2, 0.25) is 0 Å². The molecule has 0 aliphatic carbocycles. The van der Waals surface area contributed by atoms with E-state index >= 15 is 0 Å². The highest BCUT2D eigenvalue weighted by Crippen LogP contribution is 2.25. The Morgan fingerprint density at radius 1 is 1.68 bits per heavy atom. The van der Waals surface area contributed by atoms with Crippen LogP contribution in [-0.2, 0) is 4.79 Å². The third-order valence-electron chi connectivity index (χ3n) is 3.62. The molecule has 0 aliphatic rings. The molecule has 2 aromatic rings. The molecule has 0 bridgehead atoms. The average Bonchev–Trinajstić information content (AvgIpc) is 3.13. The summed E-state index contributed by atoms with van der Waals surface area (Å²) in [6.45, 7) is 5.53. The summed E-state index contributed by atoms with van der Waals surface area (Å²) >= 11 is 6.78. The first-order chi connectivity index (χ1) is 10.4. The van der Waals surface area contributed by atoms with Gasteiger partial charge in [-0.2, -0.15) is 5.10 Å². The number of aromatic nitrogens is 3. The molecule has 2 aromatic heterocycles. The Kier molecular flexibility index (Phi) is 5.15. The lowest BCUT2D eigenvalue weighted by atomic mass is 10.0. The highest BCUT2D eigenvalue weighted by Gasteiger charge is 2.24. The Morgan fingerprint density at radius 2 is 2.41 bits per heavy atom. The number of thiophene rings is 1. The minimum atomic E-state index is -0.913. The summed E-state index contributed by atoms with van der Waals surface area (Å²) in [7, 11) is 0. The molecule has 0 spiro atoms. The second-order valence-corrected chi connectivity index (χ2v) is 6.78. The number of carbonyl (C=O) groups excluding carboxylic acids is 1. The third-order valence-corrected chi connectivity index (χ3v) is 4.77. The van der Waals surface area contributed by atoms with Gasteiger partial charge in [0.1, 0.15) is 6.04 Å². The number of nitrogens with one attached hydrogen (secondary N) is 2. The van der Waals surface area contributed by atoms with Crippen LogP contribution in [0.3, 0.4) is 0 Å². The van der Waals surface area contributed by atoms with Gasteiger partial charge in [-0.1, -0.05) is 13.0 Å². The molecule has 0 saturated heterocycles. The van der Waals surface area contributed by atoms with Gasteiger partial charge in [-0.25, -0.2) is 0 Å². The molecule has 8 heteroatoms. The SMILES string of the molecule is CC[C@@](C)(O)CNC(=O)[C@H](C)n1c(-c2cccs2)n[nH]c1=S. The van der Waals surface area contributed by atoms with Gasteiger partial charge in [-0.3, -0.25) is 14.5 Å². The maximum absolute atomic E-state index is 12.4. The van der Waals surface area contributed by atoms with Crippen molar-refractivity contribution in [2.75, 3.05) is 6.54 Å². The van der Waals surface area contributed by atoms with Crippen molar-refractivity contribution in [3.63, 3.8) is 0 Å². The van der Waals surface area contributed by atoms with Crippen molar-refractivity contribution < 1.29 is 9.90 Å². The first kappa shape index (κ1) is 16.9. The van der Waals surface area contributed by atoms with Gasteiger partial charge >= 0.3 is 0 Å². The van der Waals surface area contributed by atoms with E-state index in [9.17, 15) is 9.90 Å². The lowest BCUT2D eigenvalue weighted by molar-refractivity contribution is -0.125. The molecular weight excluding hydrogens is 320 g/mol. The molecule has 2 heterocycles. The van der Waals surface area contributed by atoms with Crippen molar-refractivity contribution in [2.45, 2.75) is 38.8 Å². The summed E-state index contributed by atoms with van der Waals surface area (Å²) in [4.78, 5) is 13.3. The van der Waals surface area contributed by atoms with E-state index in [4.69, 9.17) is 12.2 Å². The fraction of sp³-hybridized carbons (Fsp3) is 0.500. The summed E-state index contributed by atoms with van der Waals surface area (Å²) in [5.74, 6) is 0.439. The summed E-state index contributed by atoms with van der Waals surface area (Å²) in [6, 6.07) is 3.33. The topological polar surface area (TPSA) is 82.9 Å². The zero-order chi connectivity index (χ0) is 16.3. The molecule has 0 fully saturated rings. The van der Waals surface area contributed by atoms with Gasteiger partial charge < -0.3 is 10.4 Å². The molecule has 2 rings (SSSR count). The molecule has 2 atom stereocenters. The molecule has 3 N–H and O–H groups in total. The number of nitrogens with zero attached hydrogens (tertiary/aromatic N) is 2. The van der Waals surface area contributed by atoms with E-state index in [-0.39, 0.29) is 12.5 Å². The molecule has 0 aliphatic heterocycles. The second kappa shape index (κ2) is 6.72. The number of H-pyrrole nitrogens is 1. The van der Waals surface area contributed by atoms with E-state index in [2.05, 4.69) is 15.5 Å². The Hall–Kier alpha value is -1.51. The number of hydrogen-bond acceptors (Lipinski definition) is 5. The second-order valence-electron chi connectivity index (χ2n) is 5.44. The number of hydrogen-bond donors (Lipinski definition) is 3. The van der Waals surface area contributed by atoms with Gasteiger partial charge in [0.2, 0.25) is 5.91 Å². The van der Waals surface area contributed by atoms with Crippen LogP contribution in [0.1, 0.15) is 33.2 Å². The number of carbonyl (C=O) groups is 1. The molecule has 0 radical (unpaired) electrons. The molecule has 0 saturated carbocycles. The summed E-state index contributed by atoms with van der Waals surface area (Å²) in [6.07, 6.45) is 0.563. The Balaban J connectivity index is 2.20. The first-order valence-electron chi connectivity index (χ1n) is 7.06. The summed E-state index contributed by atoms with van der Waals surface area (Å²) in [5, 5.41) is 21.6. The first-order valence-corrected chi connectivity index (χ1v) is 8.35. The van der Waals surface area contributed by atoms with Crippen molar-refractivity contribution in [3.8, 4) is 10.7 Å². The van der Waals surface area contributed by atoms with Gasteiger partial charge in [-0.15, -0.1) is 11.3 Å². The van der Waals surface area contributed by atoms with Crippen LogP contribution < -0.4 is 5.32 Å².